The molecule has 298 valence electrons. The van der Waals surface area contributed by atoms with Gasteiger partial charge in [0.1, 0.15) is 36.1 Å². The fraction of sp³-hybridized carbons (Fsp3) is 0.629. The summed E-state index contributed by atoms with van der Waals surface area (Å²) in [5.41, 5.74) is -0.851. The van der Waals surface area contributed by atoms with E-state index in [0.717, 1.165) is 19.9 Å². The molecule has 0 amide bonds. The summed E-state index contributed by atoms with van der Waals surface area (Å²) in [6, 6.07) is 4.47. The first-order valence-electron chi connectivity index (χ1n) is 17.2. The van der Waals surface area contributed by atoms with Gasteiger partial charge in [0.2, 0.25) is 6.29 Å². The van der Waals surface area contributed by atoms with Crippen molar-refractivity contribution in [1.82, 2.24) is 0 Å². The van der Waals surface area contributed by atoms with E-state index in [9.17, 15) is 45.0 Å². The van der Waals surface area contributed by atoms with Gasteiger partial charge in [0.05, 0.1) is 44.7 Å². The van der Waals surface area contributed by atoms with E-state index in [-0.39, 0.29) is 11.5 Å². The van der Waals surface area contributed by atoms with E-state index in [1.54, 1.807) is 12.1 Å². The van der Waals surface area contributed by atoms with Crippen molar-refractivity contribution in [2.24, 2.45) is 11.8 Å². The van der Waals surface area contributed by atoms with Gasteiger partial charge in [-0.05, 0) is 36.8 Å². The first kappa shape index (κ1) is 39.8. The summed E-state index contributed by atoms with van der Waals surface area (Å²) >= 11 is 0. The van der Waals surface area contributed by atoms with Crippen molar-refractivity contribution in [3.63, 3.8) is 0 Å². The van der Waals surface area contributed by atoms with Gasteiger partial charge in [0.15, 0.2) is 42.4 Å². The molecule has 0 spiro atoms. The Balaban J connectivity index is 1.21. The largest absolute Gasteiger partial charge is 0.504 e. The molecule has 6 rings (SSSR count). The second kappa shape index (κ2) is 16.1. The number of benzene rings is 1. The molecule has 4 fully saturated rings. The van der Waals surface area contributed by atoms with Crippen LogP contribution in [0.4, 0.5) is 0 Å². The number of esters is 3. The molecule has 6 N–H and O–H groups in total. The Hall–Kier alpha value is -3.89. The summed E-state index contributed by atoms with van der Waals surface area (Å²) in [4.78, 5) is 37.8. The third-order valence-electron chi connectivity index (χ3n) is 10.1. The molecule has 19 heteroatoms. The topological polar surface area (TPSA) is 268 Å². The van der Waals surface area contributed by atoms with E-state index >= 15 is 0 Å². The molecule has 4 aliphatic heterocycles. The zero-order valence-electron chi connectivity index (χ0n) is 29.6. The molecule has 1 aromatic rings. The van der Waals surface area contributed by atoms with E-state index in [1.807, 2.05) is 0 Å². The number of phenolic OH excluding ortho intramolecular Hbond substituents is 1. The number of aliphatic hydroxyl groups excluding tert-OH is 5. The van der Waals surface area contributed by atoms with Crippen LogP contribution in [0.2, 0.25) is 0 Å². The number of ether oxygens (including phenoxy) is 10. The number of aliphatic hydroxyl groups is 5. The smallest absolute Gasteiger partial charge is 0.331 e. The van der Waals surface area contributed by atoms with Crippen LogP contribution < -0.4 is 4.74 Å². The van der Waals surface area contributed by atoms with Crippen LogP contribution >= 0.6 is 0 Å². The van der Waals surface area contributed by atoms with Crippen molar-refractivity contribution >= 4 is 24.0 Å². The van der Waals surface area contributed by atoms with Gasteiger partial charge in [-0.1, -0.05) is 6.07 Å². The van der Waals surface area contributed by atoms with Crippen molar-refractivity contribution < 1.29 is 92.4 Å². The lowest BCUT2D eigenvalue weighted by atomic mass is 9.85. The van der Waals surface area contributed by atoms with Crippen LogP contribution in [-0.4, -0.2) is 154 Å². The van der Waals surface area contributed by atoms with E-state index < -0.39 is 128 Å². The highest BCUT2D eigenvalue weighted by molar-refractivity contribution is 5.87. The van der Waals surface area contributed by atoms with Gasteiger partial charge in [-0.3, -0.25) is 9.59 Å². The molecule has 0 unspecified atom stereocenters. The minimum atomic E-state index is -1.74. The van der Waals surface area contributed by atoms with Crippen molar-refractivity contribution in [3.8, 4) is 11.5 Å². The Kier molecular flexibility index (Phi) is 11.8. The van der Waals surface area contributed by atoms with E-state index in [4.69, 9.17) is 47.4 Å². The van der Waals surface area contributed by atoms with E-state index in [1.165, 1.54) is 38.5 Å². The van der Waals surface area contributed by atoms with Crippen molar-refractivity contribution in [2.45, 2.75) is 106 Å². The van der Waals surface area contributed by atoms with Crippen LogP contribution in [0.25, 0.3) is 6.08 Å². The Labute approximate surface area is 308 Å². The number of phenols is 1. The van der Waals surface area contributed by atoms with Crippen LogP contribution in [-0.2, 0) is 57.0 Å². The molecule has 5 aliphatic rings. The van der Waals surface area contributed by atoms with Crippen LogP contribution in [0.5, 0.6) is 11.5 Å². The van der Waals surface area contributed by atoms with Gasteiger partial charge in [0, 0.05) is 25.8 Å². The van der Waals surface area contributed by atoms with Gasteiger partial charge in [-0.25, -0.2) is 4.79 Å². The molecule has 0 radical (unpaired) electrons. The third kappa shape index (κ3) is 7.65. The maximum Gasteiger partial charge on any atom is 0.331 e. The first-order valence-corrected chi connectivity index (χ1v) is 17.2. The predicted molar refractivity (Wildman–Crippen MR) is 174 cm³/mol. The summed E-state index contributed by atoms with van der Waals surface area (Å²) in [5, 5.41) is 61.3. The minimum Gasteiger partial charge on any atom is -0.504 e. The number of hydrogen-bond donors (Lipinski definition) is 6. The van der Waals surface area contributed by atoms with Crippen LogP contribution in [0.15, 0.2) is 36.6 Å². The molecule has 1 aromatic carbocycles. The highest BCUT2D eigenvalue weighted by Gasteiger charge is 2.77. The lowest BCUT2D eigenvalue weighted by Crippen LogP contribution is -2.62. The maximum atomic E-state index is 13.0. The lowest BCUT2D eigenvalue weighted by molar-refractivity contribution is -0.347. The summed E-state index contributed by atoms with van der Waals surface area (Å²) < 4.78 is 57.6. The van der Waals surface area contributed by atoms with Crippen molar-refractivity contribution in [3.05, 3.63) is 42.2 Å². The highest BCUT2D eigenvalue weighted by atomic mass is 16.8. The van der Waals surface area contributed by atoms with Crippen LogP contribution in [0, 0.1) is 11.8 Å². The first-order chi connectivity index (χ1) is 25.7. The van der Waals surface area contributed by atoms with Gasteiger partial charge >= 0.3 is 17.9 Å². The van der Waals surface area contributed by atoms with Gasteiger partial charge in [-0.2, -0.15) is 0 Å². The molecule has 16 atom stereocenters. The Bertz CT molecular complexity index is 1600. The number of rotatable bonds is 12. The van der Waals surface area contributed by atoms with Crippen molar-refractivity contribution in [2.75, 3.05) is 20.3 Å². The van der Waals surface area contributed by atoms with E-state index in [0.29, 0.717) is 5.56 Å². The third-order valence-corrected chi connectivity index (χ3v) is 10.1. The van der Waals surface area contributed by atoms with Gasteiger partial charge < -0.3 is 78.0 Å². The monoisotopic (exact) mass is 768 g/mol. The molecule has 1 saturated carbocycles. The summed E-state index contributed by atoms with van der Waals surface area (Å²) in [6.07, 6.45) is -12.2. The molecular formula is C35H44O19. The standard InChI is InChI=1S/C35H44O19/c1-14-27(51-22(41)8-6-17-5-7-20(45-4)19(40)11-17)29(48-15(2)38)30(49-16(3)39)34(47-14)52-28-18-9-10-46-32(23(18)35(13-37)31(28)54-35)53-33-26(44)25(43)24(42)21(12-36)50-33/h5-11,14,18,21,23-34,36-37,40,42-44H,12-13H2,1-4H3/b8-6+/t14-,18-,21+,23+,24-,25-,26+,27-,28-,29+,30+,31-,32-,33-,34-,35+/m0/s1. The number of carbonyl (C=O) groups is 3. The molecule has 54 heavy (non-hydrogen) atoms. The van der Waals surface area contributed by atoms with Gasteiger partial charge in [0.25, 0.3) is 0 Å². The zero-order valence-corrected chi connectivity index (χ0v) is 29.6. The lowest BCUT2D eigenvalue weighted by Gasteiger charge is -2.45. The second-order valence-electron chi connectivity index (χ2n) is 13.5. The molecule has 4 heterocycles. The molecule has 0 aromatic heterocycles. The molecule has 1 aliphatic carbocycles. The number of fused-ring (bicyclic) bond motifs is 3. The highest BCUT2D eigenvalue weighted by Crippen LogP contribution is 2.61. The zero-order chi connectivity index (χ0) is 39.1. The molecule has 0 bridgehead atoms. The maximum absolute atomic E-state index is 13.0. The number of aromatic hydroxyl groups is 1. The number of carbonyl (C=O) groups excluding carboxylic acids is 3. The molecular weight excluding hydrogens is 724 g/mol. The Morgan fingerprint density at radius 1 is 0.870 bits per heavy atom. The fourth-order valence-electron chi connectivity index (χ4n) is 7.50. The normalized spacial score (nSPS) is 40.9. The minimum absolute atomic E-state index is 0.151. The molecule has 3 saturated heterocycles. The molecule has 19 nitrogen and oxygen atoms in total. The SMILES string of the molecule is COc1ccc(/C=C/C(=O)O[C@@H]2[C@@H](OC(C)=O)[C@@H](OC(C)=O)[C@H](O[C@H]3[C@H]4C=CO[C@@H](O[C@@H]5O[C@H](CO)[C@H](O)[C@H](O)[C@H]5O)[C@@H]4[C@@]4(CO)O[C@@H]34)O[C@H]2C)cc1O. The van der Waals surface area contributed by atoms with Gasteiger partial charge in [-0.15, -0.1) is 0 Å². The average Bonchev–Trinajstić information content (AvgIpc) is 3.81. The summed E-state index contributed by atoms with van der Waals surface area (Å²) in [5.74, 6) is -3.84. The summed E-state index contributed by atoms with van der Waals surface area (Å²) in [7, 11) is 1.39. The van der Waals surface area contributed by atoms with E-state index in [2.05, 4.69) is 0 Å². The number of methoxy groups -OCH3 is 1. The van der Waals surface area contributed by atoms with Crippen LogP contribution in [0.3, 0.4) is 0 Å². The Morgan fingerprint density at radius 2 is 1.59 bits per heavy atom. The summed E-state index contributed by atoms with van der Waals surface area (Å²) in [6.45, 7) is 2.54. The fourth-order valence-corrected chi connectivity index (χ4v) is 7.50. The Morgan fingerprint density at radius 3 is 2.24 bits per heavy atom. The number of hydrogen-bond acceptors (Lipinski definition) is 19. The van der Waals surface area contributed by atoms with Crippen molar-refractivity contribution in [1.29, 1.82) is 0 Å². The average molecular weight is 769 g/mol. The predicted octanol–water partition coefficient (Wildman–Crippen LogP) is -1.62. The van der Waals surface area contributed by atoms with Crippen LogP contribution in [0.1, 0.15) is 26.3 Å². The second-order valence-corrected chi connectivity index (χ2v) is 13.5. The quantitative estimate of drug-likeness (QED) is 0.0604. The number of epoxide rings is 1.